The predicted molar refractivity (Wildman–Crippen MR) is 76.9 cm³/mol. The third-order valence-electron chi connectivity index (χ3n) is 3.29. The minimum absolute atomic E-state index is 0.198. The number of aliphatic hydroxyl groups excluding tert-OH is 1. The van der Waals surface area contributed by atoms with Gasteiger partial charge in [0.15, 0.2) is 0 Å². The fraction of sp³-hybridized carbons (Fsp3) is 0.923. The SMILES string of the molecule is CSCC(=O)N1CCN(CC(C)C)[C@@H](CCO)C1. The molecule has 0 spiro atoms. The summed E-state index contributed by atoms with van der Waals surface area (Å²) >= 11 is 1.58. The van der Waals surface area contributed by atoms with Crippen molar-refractivity contribution < 1.29 is 9.90 Å². The van der Waals surface area contributed by atoms with E-state index in [1.54, 1.807) is 11.8 Å². The summed E-state index contributed by atoms with van der Waals surface area (Å²) in [6, 6.07) is 0.317. The fourth-order valence-corrected chi connectivity index (χ4v) is 2.90. The average molecular weight is 274 g/mol. The molecule has 4 nitrogen and oxygen atoms in total. The highest BCUT2D eigenvalue weighted by Gasteiger charge is 2.28. The van der Waals surface area contributed by atoms with Gasteiger partial charge >= 0.3 is 0 Å². The third-order valence-corrected chi connectivity index (χ3v) is 3.82. The first kappa shape index (κ1) is 15.8. The number of carbonyl (C=O) groups excluding carboxylic acids is 1. The Bertz CT molecular complexity index is 261. The maximum atomic E-state index is 11.9. The second kappa shape index (κ2) is 8.02. The van der Waals surface area contributed by atoms with Gasteiger partial charge in [0.25, 0.3) is 0 Å². The van der Waals surface area contributed by atoms with Gasteiger partial charge in [-0.25, -0.2) is 0 Å². The summed E-state index contributed by atoms with van der Waals surface area (Å²) in [6.45, 7) is 8.20. The molecule has 5 heteroatoms. The Hall–Kier alpha value is -0.260. The smallest absolute Gasteiger partial charge is 0.232 e. The monoisotopic (exact) mass is 274 g/mol. The van der Waals surface area contributed by atoms with Crippen molar-refractivity contribution in [1.82, 2.24) is 9.80 Å². The van der Waals surface area contributed by atoms with E-state index in [1.165, 1.54) is 0 Å². The van der Waals surface area contributed by atoms with Gasteiger partial charge in [0.1, 0.15) is 0 Å². The first-order chi connectivity index (χ1) is 8.58. The summed E-state index contributed by atoms with van der Waals surface area (Å²) < 4.78 is 0. The number of hydrogen-bond donors (Lipinski definition) is 1. The number of carbonyl (C=O) groups is 1. The summed E-state index contributed by atoms with van der Waals surface area (Å²) in [5.74, 6) is 1.42. The lowest BCUT2D eigenvalue weighted by molar-refractivity contribution is -0.131. The van der Waals surface area contributed by atoms with Crippen molar-refractivity contribution in [3.05, 3.63) is 0 Å². The molecule has 0 aromatic heterocycles. The molecule has 0 aromatic carbocycles. The number of hydrogen-bond acceptors (Lipinski definition) is 4. The number of amides is 1. The van der Waals surface area contributed by atoms with Crippen LogP contribution < -0.4 is 0 Å². The normalized spacial score (nSPS) is 21.6. The number of aliphatic hydroxyl groups is 1. The van der Waals surface area contributed by atoms with Gasteiger partial charge in [0.05, 0.1) is 5.75 Å². The lowest BCUT2D eigenvalue weighted by Gasteiger charge is -2.42. The van der Waals surface area contributed by atoms with Gasteiger partial charge in [-0.3, -0.25) is 9.69 Å². The molecule has 1 amide bonds. The topological polar surface area (TPSA) is 43.8 Å². The molecule has 18 heavy (non-hydrogen) atoms. The van der Waals surface area contributed by atoms with Crippen molar-refractivity contribution >= 4 is 17.7 Å². The van der Waals surface area contributed by atoms with Crippen LogP contribution in [0.25, 0.3) is 0 Å². The van der Waals surface area contributed by atoms with E-state index in [-0.39, 0.29) is 12.5 Å². The van der Waals surface area contributed by atoms with Crippen LogP contribution in [0, 0.1) is 5.92 Å². The van der Waals surface area contributed by atoms with Crippen LogP contribution in [0.2, 0.25) is 0 Å². The minimum atomic E-state index is 0.198. The molecule has 106 valence electrons. The van der Waals surface area contributed by atoms with E-state index < -0.39 is 0 Å². The zero-order chi connectivity index (χ0) is 13.5. The van der Waals surface area contributed by atoms with Crippen LogP contribution >= 0.6 is 11.8 Å². The Kier molecular flexibility index (Phi) is 7.04. The lowest BCUT2D eigenvalue weighted by atomic mass is 10.1. The number of thioether (sulfide) groups is 1. The van der Waals surface area contributed by atoms with Crippen LogP contribution in [0.5, 0.6) is 0 Å². The summed E-state index contributed by atoms with van der Waals surface area (Å²) in [4.78, 5) is 16.3. The second-order valence-electron chi connectivity index (χ2n) is 5.33. The van der Waals surface area contributed by atoms with Gasteiger partial charge in [0, 0.05) is 38.8 Å². The number of rotatable bonds is 6. The Morgan fingerprint density at radius 3 is 2.72 bits per heavy atom. The first-order valence-electron chi connectivity index (χ1n) is 6.70. The molecule has 1 saturated heterocycles. The van der Waals surface area contributed by atoms with Gasteiger partial charge in [-0.05, 0) is 18.6 Å². The number of nitrogens with zero attached hydrogens (tertiary/aromatic N) is 2. The largest absolute Gasteiger partial charge is 0.396 e. The molecule has 1 rings (SSSR count). The quantitative estimate of drug-likeness (QED) is 0.781. The highest BCUT2D eigenvalue weighted by Crippen LogP contribution is 2.15. The molecule has 1 aliphatic heterocycles. The van der Waals surface area contributed by atoms with Gasteiger partial charge in [0.2, 0.25) is 5.91 Å². The molecule has 0 unspecified atom stereocenters. The van der Waals surface area contributed by atoms with E-state index in [1.807, 2.05) is 11.2 Å². The van der Waals surface area contributed by atoms with Crippen molar-refractivity contribution in [1.29, 1.82) is 0 Å². The molecule has 1 atom stereocenters. The highest BCUT2D eigenvalue weighted by atomic mass is 32.2. The number of piperazine rings is 1. The van der Waals surface area contributed by atoms with Gasteiger partial charge in [-0.15, -0.1) is 0 Å². The van der Waals surface area contributed by atoms with Crippen molar-refractivity contribution in [2.75, 3.05) is 44.8 Å². The van der Waals surface area contributed by atoms with Gasteiger partial charge in [-0.1, -0.05) is 13.8 Å². The van der Waals surface area contributed by atoms with E-state index in [4.69, 9.17) is 5.11 Å². The van der Waals surface area contributed by atoms with Crippen molar-refractivity contribution in [2.24, 2.45) is 5.92 Å². The van der Waals surface area contributed by atoms with Crippen LogP contribution in [0.4, 0.5) is 0 Å². The van der Waals surface area contributed by atoms with E-state index in [9.17, 15) is 4.79 Å². The van der Waals surface area contributed by atoms with Crippen molar-refractivity contribution in [3.63, 3.8) is 0 Å². The van der Waals surface area contributed by atoms with Crippen molar-refractivity contribution in [2.45, 2.75) is 26.3 Å². The molecule has 0 aliphatic carbocycles. The maximum Gasteiger partial charge on any atom is 0.232 e. The lowest BCUT2D eigenvalue weighted by Crippen LogP contribution is -2.56. The van der Waals surface area contributed by atoms with Gasteiger partial charge < -0.3 is 10.0 Å². The molecule has 1 fully saturated rings. The van der Waals surface area contributed by atoms with E-state index in [2.05, 4.69) is 18.7 Å². The average Bonchev–Trinajstić information content (AvgIpc) is 2.31. The first-order valence-corrected chi connectivity index (χ1v) is 8.09. The summed E-state index contributed by atoms with van der Waals surface area (Å²) in [7, 11) is 0. The Labute approximate surface area is 115 Å². The summed E-state index contributed by atoms with van der Waals surface area (Å²) in [5.41, 5.74) is 0. The van der Waals surface area contributed by atoms with Crippen LogP contribution in [-0.2, 0) is 4.79 Å². The highest BCUT2D eigenvalue weighted by molar-refractivity contribution is 7.99. The molecule has 0 radical (unpaired) electrons. The maximum absolute atomic E-state index is 11.9. The second-order valence-corrected chi connectivity index (χ2v) is 6.19. The summed E-state index contributed by atoms with van der Waals surface area (Å²) in [5, 5.41) is 9.16. The zero-order valence-electron chi connectivity index (χ0n) is 11.8. The van der Waals surface area contributed by atoms with Crippen LogP contribution in [0.1, 0.15) is 20.3 Å². The summed E-state index contributed by atoms with van der Waals surface area (Å²) in [6.07, 6.45) is 2.72. The molecular weight excluding hydrogens is 248 g/mol. The molecule has 0 saturated carbocycles. The zero-order valence-corrected chi connectivity index (χ0v) is 12.6. The van der Waals surface area contributed by atoms with Crippen LogP contribution in [0.15, 0.2) is 0 Å². The fourth-order valence-electron chi connectivity index (χ4n) is 2.47. The van der Waals surface area contributed by atoms with Crippen molar-refractivity contribution in [3.8, 4) is 0 Å². The molecule has 1 aliphatic rings. The molecule has 1 N–H and O–H groups in total. The van der Waals surface area contributed by atoms with E-state index in [0.717, 1.165) is 32.6 Å². The van der Waals surface area contributed by atoms with E-state index >= 15 is 0 Å². The van der Waals surface area contributed by atoms with Gasteiger partial charge in [-0.2, -0.15) is 11.8 Å². The molecule has 0 bridgehead atoms. The Morgan fingerprint density at radius 2 is 2.17 bits per heavy atom. The van der Waals surface area contributed by atoms with E-state index in [0.29, 0.717) is 17.7 Å². The minimum Gasteiger partial charge on any atom is -0.396 e. The van der Waals surface area contributed by atoms with Crippen LogP contribution in [0.3, 0.4) is 0 Å². The standard InChI is InChI=1S/C13H26N2O2S/c1-11(2)8-14-5-6-15(13(17)10-18-3)9-12(14)4-7-16/h11-12,16H,4-10H2,1-3H3/t12-/m0/s1. The predicted octanol–water partition coefficient (Wildman–Crippen LogP) is 0.901. The molecule has 0 aromatic rings. The third kappa shape index (κ3) is 4.78. The molecule has 1 heterocycles. The molecular formula is C13H26N2O2S. The Morgan fingerprint density at radius 1 is 1.44 bits per heavy atom. The Balaban J connectivity index is 2.55. The van der Waals surface area contributed by atoms with Crippen LogP contribution in [-0.4, -0.2) is 71.6 Å².